The summed E-state index contributed by atoms with van der Waals surface area (Å²) in [5, 5.41) is 4.55. The van der Waals surface area contributed by atoms with Crippen LogP contribution in [0.4, 0.5) is 5.69 Å². The van der Waals surface area contributed by atoms with E-state index >= 15 is 0 Å². The van der Waals surface area contributed by atoms with Crippen molar-refractivity contribution in [3.63, 3.8) is 0 Å². The van der Waals surface area contributed by atoms with Crippen LogP contribution in [0.2, 0.25) is 0 Å². The average molecular weight is 371 g/mol. The van der Waals surface area contributed by atoms with Gasteiger partial charge in [-0.2, -0.15) is 5.10 Å². The van der Waals surface area contributed by atoms with E-state index in [1.165, 1.54) is 5.69 Å². The van der Waals surface area contributed by atoms with Crippen molar-refractivity contribution in [2.45, 2.75) is 0 Å². The number of rotatable bonds is 3. The van der Waals surface area contributed by atoms with Crippen LogP contribution >= 0.6 is 0 Å². The van der Waals surface area contributed by atoms with Crippen molar-refractivity contribution < 1.29 is 4.79 Å². The first kappa shape index (κ1) is 16.6. The number of amides is 1. The number of para-hydroxylation sites is 1. The maximum Gasteiger partial charge on any atom is 0.274 e. The second kappa shape index (κ2) is 6.88. The van der Waals surface area contributed by atoms with Gasteiger partial charge in [0.2, 0.25) is 0 Å². The minimum Gasteiger partial charge on any atom is -0.368 e. The van der Waals surface area contributed by atoms with Gasteiger partial charge in [0.1, 0.15) is 5.82 Å². The fourth-order valence-electron chi connectivity index (χ4n) is 3.76. The van der Waals surface area contributed by atoms with Crippen LogP contribution in [-0.4, -0.2) is 51.2 Å². The molecule has 28 heavy (non-hydrogen) atoms. The third-order valence-electron chi connectivity index (χ3n) is 5.27. The van der Waals surface area contributed by atoms with E-state index in [9.17, 15) is 4.79 Å². The third-order valence-corrected chi connectivity index (χ3v) is 5.27. The molecule has 1 amide bonds. The summed E-state index contributed by atoms with van der Waals surface area (Å²) in [6.07, 6.45) is 3.85. The molecule has 0 bridgehead atoms. The standard InChI is InChI=1S/C22H21N5O/c28-22(25-16-14-24(15-17-25)18-6-2-1-3-7-18)20-11-13-27(23-20)21-10-9-19-8-4-5-12-26(19)21/h1-13H,14-17H2. The van der Waals surface area contributed by atoms with E-state index in [1.54, 1.807) is 10.7 Å². The van der Waals surface area contributed by atoms with Crippen LogP contribution in [0.15, 0.2) is 79.1 Å². The van der Waals surface area contributed by atoms with Gasteiger partial charge >= 0.3 is 0 Å². The molecule has 0 N–H and O–H groups in total. The highest BCUT2D eigenvalue weighted by Crippen LogP contribution is 2.18. The van der Waals surface area contributed by atoms with Gasteiger partial charge in [0, 0.05) is 49.8 Å². The van der Waals surface area contributed by atoms with Crippen LogP contribution in [0.3, 0.4) is 0 Å². The molecule has 0 spiro atoms. The summed E-state index contributed by atoms with van der Waals surface area (Å²) in [6, 6.07) is 22.2. The van der Waals surface area contributed by atoms with E-state index in [0.29, 0.717) is 18.8 Å². The van der Waals surface area contributed by atoms with Gasteiger partial charge in [-0.05, 0) is 42.5 Å². The van der Waals surface area contributed by atoms with Gasteiger partial charge in [-0.25, -0.2) is 4.68 Å². The number of fused-ring (bicyclic) bond motifs is 1. The molecule has 1 saturated heterocycles. The van der Waals surface area contributed by atoms with Crippen LogP contribution < -0.4 is 4.90 Å². The van der Waals surface area contributed by atoms with Crippen molar-refractivity contribution >= 4 is 17.1 Å². The summed E-state index contributed by atoms with van der Waals surface area (Å²) in [6.45, 7) is 3.07. The van der Waals surface area contributed by atoms with Crippen LogP contribution in [0, 0.1) is 0 Å². The number of piperazine rings is 1. The maximum atomic E-state index is 12.9. The lowest BCUT2D eigenvalue weighted by Crippen LogP contribution is -2.48. The number of pyridine rings is 1. The first-order chi connectivity index (χ1) is 13.8. The minimum absolute atomic E-state index is 0.00711. The molecular weight excluding hydrogens is 350 g/mol. The highest BCUT2D eigenvalue weighted by atomic mass is 16.2. The zero-order valence-corrected chi connectivity index (χ0v) is 15.5. The van der Waals surface area contributed by atoms with Crippen LogP contribution in [-0.2, 0) is 0 Å². The quantitative estimate of drug-likeness (QED) is 0.556. The Morgan fingerprint density at radius 2 is 1.57 bits per heavy atom. The van der Waals surface area contributed by atoms with Crippen molar-refractivity contribution in [1.82, 2.24) is 19.1 Å². The Morgan fingerprint density at radius 1 is 0.786 bits per heavy atom. The molecule has 0 saturated carbocycles. The number of hydrogen-bond acceptors (Lipinski definition) is 3. The lowest BCUT2D eigenvalue weighted by Gasteiger charge is -2.35. The molecule has 140 valence electrons. The maximum absolute atomic E-state index is 12.9. The fourth-order valence-corrected chi connectivity index (χ4v) is 3.76. The second-order valence-corrected chi connectivity index (χ2v) is 6.95. The van der Waals surface area contributed by atoms with E-state index in [-0.39, 0.29) is 5.91 Å². The molecule has 0 radical (unpaired) electrons. The Labute approximate surface area is 163 Å². The normalized spacial score (nSPS) is 14.6. The number of hydrogen-bond donors (Lipinski definition) is 0. The summed E-state index contributed by atoms with van der Waals surface area (Å²) in [7, 11) is 0. The molecule has 0 unspecified atom stereocenters. The number of benzene rings is 1. The molecule has 1 aliphatic rings. The predicted molar refractivity (Wildman–Crippen MR) is 109 cm³/mol. The van der Waals surface area contributed by atoms with Gasteiger partial charge in [0.05, 0.1) is 0 Å². The Morgan fingerprint density at radius 3 is 2.39 bits per heavy atom. The van der Waals surface area contributed by atoms with Gasteiger partial charge in [0.15, 0.2) is 5.69 Å². The number of carbonyl (C=O) groups excluding carboxylic acids is 1. The van der Waals surface area contributed by atoms with Crippen molar-refractivity contribution in [3.05, 3.63) is 84.8 Å². The van der Waals surface area contributed by atoms with E-state index in [4.69, 9.17) is 0 Å². The zero-order valence-electron chi connectivity index (χ0n) is 15.5. The molecule has 0 aliphatic carbocycles. The molecule has 0 atom stereocenters. The Balaban J connectivity index is 1.31. The molecule has 6 nitrogen and oxygen atoms in total. The average Bonchev–Trinajstić information content (AvgIpc) is 3.41. The van der Waals surface area contributed by atoms with Gasteiger partial charge in [0.25, 0.3) is 5.91 Å². The first-order valence-corrected chi connectivity index (χ1v) is 9.51. The third kappa shape index (κ3) is 2.93. The minimum atomic E-state index is -0.00711. The van der Waals surface area contributed by atoms with Crippen LogP contribution in [0.5, 0.6) is 0 Å². The monoisotopic (exact) mass is 371 g/mol. The predicted octanol–water partition coefficient (Wildman–Crippen LogP) is 3.09. The Bertz CT molecular complexity index is 1110. The van der Waals surface area contributed by atoms with Crippen LogP contribution in [0.1, 0.15) is 10.5 Å². The van der Waals surface area contributed by atoms with E-state index in [0.717, 1.165) is 24.4 Å². The Hall–Kier alpha value is -3.54. The number of aromatic nitrogens is 3. The molecular formula is C22H21N5O. The molecule has 6 heteroatoms. The smallest absolute Gasteiger partial charge is 0.274 e. The van der Waals surface area contributed by atoms with Crippen molar-refractivity contribution in [2.75, 3.05) is 31.1 Å². The molecule has 1 aliphatic heterocycles. The van der Waals surface area contributed by atoms with E-state index in [1.807, 2.05) is 65.8 Å². The molecule has 1 fully saturated rings. The lowest BCUT2D eigenvalue weighted by atomic mass is 10.2. The number of carbonyl (C=O) groups is 1. The molecule has 4 aromatic rings. The van der Waals surface area contributed by atoms with Gasteiger partial charge < -0.3 is 14.2 Å². The van der Waals surface area contributed by atoms with E-state index in [2.05, 4.69) is 26.5 Å². The zero-order chi connectivity index (χ0) is 18.9. The van der Waals surface area contributed by atoms with Crippen molar-refractivity contribution in [1.29, 1.82) is 0 Å². The lowest BCUT2D eigenvalue weighted by molar-refractivity contribution is 0.0740. The van der Waals surface area contributed by atoms with Crippen LogP contribution in [0.25, 0.3) is 11.3 Å². The summed E-state index contributed by atoms with van der Waals surface area (Å²) in [5.74, 6) is 0.913. The highest BCUT2D eigenvalue weighted by molar-refractivity contribution is 5.92. The molecule has 1 aromatic carbocycles. The second-order valence-electron chi connectivity index (χ2n) is 6.95. The summed E-state index contributed by atoms with van der Waals surface area (Å²) in [5.41, 5.74) is 2.79. The van der Waals surface area contributed by atoms with Gasteiger partial charge in [-0.3, -0.25) is 4.79 Å². The molecule has 3 aromatic heterocycles. The summed E-state index contributed by atoms with van der Waals surface area (Å²) >= 11 is 0. The SMILES string of the molecule is O=C(c1ccn(-c2ccc3ccccn23)n1)N1CCN(c2ccccc2)CC1. The number of anilines is 1. The number of nitrogens with zero attached hydrogens (tertiary/aromatic N) is 5. The van der Waals surface area contributed by atoms with Crippen molar-refractivity contribution in [3.8, 4) is 5.82 Å². The topological polar surface area (TPSA) is 45.8 Å². The highest BCUT2D eigenvalue weighted by Gasteiger charge is 2.24. The van der Waals surface area contributed by atoms with Crippen molar-refractivity contribution in [2.24, 2.45) is 0 Å². The Kier molecular flexibility index (Phi) is 4.09. The van der Waals surface area contributed by atoms with Gasteiger partial charge in [-0.15, -0.1) is 0 Å². The molecule has 4 heterocycles. The summed E-state index contributed by atoms with van der Waals surface area (Å²) in [4.78, 5) is 17.1. The largest absolute Gasteiger partial charge is 0.368 e. The van der Waals surface area contributed by atoms with E-state index < -0.39 is 0 Å². The fraction of sp³-hybridized carbons (Fsp3) is 0.182. The first-order valence-electron chi connectivity index (χ1n) is 9.51. The summed E-state index contributed by atoms with van der Waals surface area (Å²) < 4.78 is 3.82. The van der Waals surface area contributed by atoms with Gasteiger partial charge in [-0.1, -0.05) is 24.3 Å². The molecule has 5 rings (SSSR count).